The van der Waals surface area contributed by atoms with Gasteiger partial charge in [0.05, 0.1) is 11.2 Å². The molecule has 0 radical (unpaired) electrons. The normalized spacial score (nSPS) is 10.5. The van der Waals surface area contributed by atoms with Crippen LogP contribution in [0.5, 0.6) is 0 Å². The molecule has 0 aromatic carbocycles. The maximum Gasteiger partial charge on any atom is 0.255 e. The SMILES string of the molecule is Nc1ccc(=O)n2ccc(F)cc12. The minimum absolute atomic E-state index is 0.218. The monoisotopic (exact) mass is 178 g/mol. The summed E-state index contributed by atoms with van der Waals surface area (Å²) in [6.45, 7) is 0. The van der Waals surface area contributed by atoms with Crippen LogP contribution in [0.25, 0.3) is 5.52 Å². The zero-order valence-electron chi connectivity index (χ0n) is 6.70. The average molecular weight is 178 g/mol. The van der Waals surface area contributed by atoms with Crippen LogP contribution in [0.2, 0.25) is 0 Å². The van der Waals surface area contributed by atoms with Crippen molar-refractivity contribution in [1.82, 2.24) is 4.40 Å². The molecule has 3 nitrogen and oxygen atoms in total. The third-order valence-corrected chi connectivity index (χ3v) is 1.86. The number of nitrogens with zero attached hydrogens (tertiary/aromatic N) is 1. The number of hydrogen-bond acceptors (Lipinski definition) is 2. The van der Waals surface area contributed by atoms with Gasteiger partial charge in [-0.1, -0.05) is 0 Å². The summed E-state index contributed by atoms with van der Waals surface area (Å²) in [4.78, 5) is 11.2. The lowest BCUT2D eigenvalue weighted by Crippen LogP contribution is -2.12. The van der Waals surface area contributed by atoms with E-state index in [1.807, 2.05) is 0 Å². The molecule has 0 aliphatic rings. The van der Waals surface area contributed by atoms with Crippen LogP contribution in [0.3, 0.4) is 0 Å². The highest BCUT2D eigenvalue weighted by Gasteiger charge is 2.00. The Labute approximate surface area is 73.2 Å². The van der Waals surface area contributed by atoms with Gasteiger partial charge in [-0.25, -0.2) is 4.39 Å². The van der Waals surface area contributed by atoms with Crippen molar-refractivity contribution in [3.8, 4) is 0 Å². The molecule has 0 spiro atoms. The van der Waals surface area contributed by atoms with Crippen LogP contribution in [-0.2, 0) is 0 Å². The zero-order chi connectivity index (χ0) is 9.42. The van der Waals surface area contributed by atoms with E-state index in [1.165, 1.54) is 34.9 Å². The van der Waals surface area contributed by atoms with E-state index in [-0.39, 0.29) is 5.56 Å². The van der Waals surface area contributed by atoms with Crippen molar-refractivity contribution in [1.29, 1.82) is 0 Å². The molecule has 0 aliphatic heterocycles. The Morgan fingerprint density at radius 2 is 2.08 bits per heavy atom. The summed E-state index contributed by atoms with van der Waals surface area (Å²) in [5, 5.41) is 0. The van der Waals surface area contributed by atoms with Crippen molar-refractivity contribution in [2.45, 2.75) is 0 Å². The Kier molecular flexibility index (Phi) is 1.55. The molecule has 2 N–H and O–H groups in total. The number of hydrogen-bond donors (Lipinski definition) is 1. The second-order valence-electron chi connectivity index (χ2n) is 2.73. The minimum Gasteiger partial charge on any atom is -0.397 e. The quantitative estimate of drug-likeness (QED) is 0.654. The Bertz CT molecular complexity index is 518. The highest BCUT2D eigenvalue weighted by atomic mass is 19.1. The predicted octanol–water partition coefficient (Wildman–Crippen LogP) is 1.02. The highest BCUT2D eigenvalue weighted by Crippen LogP contribution is 2.11. The van der Waals surface area contributed by atoms with Gasteiger partial charge in [0.15, 0.2) is 0 Å². The fourth-order valence-electron chi connectivity index (χ4n) is 1.22. The molecule has 0 bridgehead atoms. The molecule has 0 amide bonds. The molecule has 0 aliphatic carbocycles. The van der Waals surface area contributed by atoms with E-state index in [1.54, 1.807) is 0 Å². The zero-order valence-corrected chi connectivity index (χ0v) is 6.70. The number of pyridine rings is 2. The van der Waals surface area contributed by atoms with Crippen LogP contribution < -0.4 is 11.3 Å². The third-order valence-electron chi connectivity index (χ3n) is 1.86. The van der Waals surface area contributed by atoms with Crippen molar-refractivity contribution < 1.29 is 4.39 Å². The maximum atomic E-state index is 12.8. The number of anilines is 1. The van der Waals surface area contributed by atoms with Crippen molar-refractivity contribution in [2.75, 3.05) is 5.73 Å². The molecule has 0 saturated carbocycles. The van der Waals surface area contributed by atoms with E-state index in [0.717, 1.165) is 0 Å². The maximum absolute atomic E-state index is 12.8. The summed E-state index contributed by atoms with van der Waals surface area (Å²) in [5.41, 5.74) is 6.13. The summed E-state index contributed by atoms with van der Waals surface area (Å²) in [5.74, 6) is -0.405. The molecular formula is C9H7FN2O. The Balaban J connectivity index is 3.01. The number of rotatable bonds is 0. The molecule has 0 saturated heterocycles. The van der Waals surface area contributed by atoms with Crippen molar-refractivity contribution in [3.05, 3.63) is 46.6 Å². The second-order valence-corrected chi connectivity index (χ2v) is 2.73. The highest BCUT2D eigenvalue weighted by molar-refractivity contribution is 5.68. The fourth-order valence-corrected chi connectivity index (χ4v) is 1.22. The molecule has 2 heterocycles. The first-order valence-corrected chi connectivity index (χ1v) is 3.75. The van der Waals surface area contributed by atoms with E-state index in [9.17, 15) is 9.18 Å². The molecule has 66 valence electrons. The van der Waals surface area contributed by atoms with Gasteiger partial charge in [-0.15, -0.1) is 0 Å². The molecule has 0 atom stereocenters. The number of aromatic nitrogens is 1. The number of nitrogens with two attached hydrogens (primary N) is 1. The summed E-state index contributed by atoms with van der Waals surface area (Å²) in [6, 6.07) is 5.27. The van der Waals surface area contributed by atoms with Crippen LogP contribution in [0.15, 0.2) is 35.3 Å². The van der Waals surface area contributed by atoms with Crippen LogP contribution in [0.4, 0.5) is 10.1 Å². The van der Waals surface area contributed by atoms with Crippen LogP contribution in [0.1, 0.15) is 0 Å². The van der Waals surface area contributed by atoms with Gasteiger partial charge in [-0.3, -0.25) is 9.20 Å². The van der Waals surface area contributed by atoms with Gasteiger partial charge in [0.25, 0.3) is 5.56 Å². The van der Waals surface area contributed by atoms with Crippen LogP contribution in [0, 0.1) is 5.82 Å². The van der Waals surface area contributed by atoms with Crippen molar-refractivity contribution >= 4 is 11.2 Å². The van der Waals surface area contributed by atoms with Gasteiger partial charge in [0, 0.05) is 18.3 Å². The van der Waals surface area contributed by atoms with E-state index >= 15 is 0 Å². The fraction of sp³-hybridized carbons (Fsp3) is 0. The average Bonchev–Trinajstić information content (AvgIpc) is 2.12. The molecule has 2 aromatic rings. The molecule has 0 fully saturated rings. The Hall–Kier alpha value is -1.84. The first-order valence-electron chi connectivity index (χ1n) is 3.75. The standard InChI is InChI=1S/C9H7FN2O/c10-6-3-4-12-8(5-6)7(11)1-2-9(12)13/h1-5H,11H2. The second kappa shape index (κ2) is 2.58. The van der Waals surface area contributed by atoms with Gasteiger partial charge in [0.1, 0.15) is 5.82 Å². The Morgan fingerprint density at radius 3 is 2.85 bits per heavy atom. The lowest BCUT2D eigenvalue weighted by atomic mass is 10.3. The van der Waals surface area contributed by atoms with Crippen molar-refractivity contribution in [3.63, 3.8) is 0 Å². The van der Waals surface area contributed by atoms with Gasteiger partial charge in [0.2, 0.25) is 0 Å². The largest absolute Gasteiger partial charge is 0.397 e. The molecule has 13 heavy (non-hydrogen) atoms. The first-order chi connectivity index (χ1) is 6.18. The van der Waals surface area contributed by atoms with E-state index in [0.29, 0.717) is 11.2 Å². The van der Waals surface area contributed by atoms with Crippen LogP contribution in [-0.4, -0.2) is 4.40 Å². The molecular weight excluding hydrogens is 171 g/mol. The van der Waals surface area contributed by atoms with E-state index < -0.39 is 5.82 Å². The lowest BCUT2D eigenvalue weighted by Gasteiger charge is -2.02. The third kappa shape index (κ3) is 1.16. The summed E-state index contributed by atoms with van der Waals surface area (Å²) < 4.78 is 14.1. The lowest BCUT2D eigenvalue weighted by molar-refractivity contribution is 0.626. The van der Waals surface area contributed by atoms with E-state index in [4.69, 9.17) is 5.73 Å². The number of fused-ring (bicyclic) bond motifs is 1. The molecule has 2 aromatic heterocycles. The molecule has 4 heteroatoms. The van der Waals surface area contributed by atoms with Gasteiger partial charge in [-0.05, 0) is 12.1 Å². The first kappa shape index (κ1) is 7.79. The van der Waals surface area contributed by atoms with Gasteiger partial charge in [-0.2, -0.15) is 0 Å². The van der Waals surface area contributed by atoms with Crippen molar-refractivity contribution in [2.24, 2.45) is 0 Å². The van der Waals surface area contributed by atoms with Gasteiger partial charge >= 0.3 is 0 Å². The predicted molar refractivity (Wildman–Crippen MR) is 48.0 cm³/mol. The van der Waals surface area contributed by atoms with Crippen LogP contribution >= 0.6 is 0 Å². The number of halogens is 1. The summed E-state index contributed by atoms with van der Waals surface area (Å²) in [6.07, 6.45) is 1.36. The number of nitrogen functional groups attached to an aromatic ring is 1. The topological polar surface area (TPSA) is 47.5 Å². The smallest absolute Gasteiger partial charge is 0.255 e. The Morgan fingerprint density at radius 1 is 1.31 bits per heavy atom. The summed E-state index contributed by atoms with van der Waals surface area (Å²) in [7, 11) is 0. The summed E-state index contributed by atoms with van der Waals surface area (Å²) >= 11 is 0. The minimum atomic E-state index is -0.405. The molecule has 0 unspecified atom stereocenters. The molecule has 2 rings (SSSR count). The van der Waals surface area contributed by atoms with E-state index in [2.05, 4.69) is 0 Å². The van der Waals surface area contributed by atoms with Gasteiger partial charge < -0.3 is 5.73 Å².